The zero-order valence-corrected chi connectivity index (χ0v) is 13.4. The van der Waals surface area contributed by atoms with Gasteiger partial charge in [-0.25, -0.2) is 0 Å². The van der Waals surface area contributed by atoms with Gasteiger partial charge in [-0.2, -0.15) is 0 Å². The van der Waals surface area contributed by atoms with Gasteiger partial charge in [-0.3, -0.25) is 4.79 Å². The first-order valence-corrected chi connectivity index (χ1v) is 8.31. The summed E-state index contributed by atoms with van der Waals surface area (Å²) in [6.07, 6.45) is 2.61. The van der Waals surface area contributed by atoms with Gasteiger partial charge in [-0.05, 0) is 31.2 Å². The van der Waals surface area contributed by atoms with Gasteiger partial charge in [0, 0.05) is 31.5 Å². The number of hydrogen-bond acceptors (Lipinski definition) is 3. The number of piperazine rings is 1. The van der Waals surface area contributed by atoms with Crippen molar-refractivity contribution in [3.8, 4) is 0 Å². The maximum absolute atomic E-state index is 13.0. The molecule has 23 heavy (non-hydrogen) atoms. The quantitative estimate of drug-likeness (QED) is 0.874. The normalized spacial score (nSPS) is 27.9. The van der Waals surface area contributed by atoms with Crippen LogP contribution in [0.1, 0.15) is 29.7 Å². The first-order chi connectivity index (χ1) is 11.2. The third-order valence-electron chi connectivity index (χ3n) is 5.07. The maximum Gasteiger partial charge on any atom is 0.227 e. The first kappa shape index (κ1) is 14.5. The largest absolute Gasteiger partial charge is 0.469 e. The Labute approximate surface area is 136 Å². The van der Waals surface area contributed by atoms with Crippen LogP contribution in [0.5, 0.6) is 0 Å². The summed E-state index contributed by atoms with van der Waals surface area (Å²) in [5.74, 6) is 1.60. The Morgan fingerprint density at radius 1 is 1.13 bits per heavy atom. The van der Waals surface area contributed by atoms with Crippen LogP contribution in [-0.2, 0) is 4.79 Å². The van der Waals surface area contributed by atoms with E-state index in [0.29, 0.717) is 0 Å². The third-order valence-corrected chi connectivity index (χ3v) is 5.07. The van der Waals surface area contributed by atoms with Gasteiger partial charge >= 0.3 is 0 Å². The van der Waals surface area contributed by atoms with Crippen LogP contribution in [0.2, 0.25) is 0 Å². The van der Waals surface area contributed by atoms with Crippen LogP contribution in [0.3, 0.4) is 0 Å². The predicted octanol–water partition coefficient (Wildman–Crippen LogP) is 2.90. The van der Waals surface area contributed by atoms with Crippen LogP contribution in [0.4, 0.5) is 0 Å². The lowest BCUT2D eigenvalue weighted by Crippen LogP contribution is -2.49. The lowest BCUT2D eigenvalue weighted by atomic mass is 10.0. The highest BCUT2D eigenvalue weighted by Gasteiger charge is 2.49. The molecule has 1 aromatic carbocycles. The zero-order valence-electron chi connectivity index (χ0n) is 13.4. The topological polar surface area (TPSA) is 36.7 Å². The van der Waals surface area contributed by atoms with Crippen molar-refractivity contribution < 1.29 is 9.21 Å². The van der Waals surface area contributed by atoms with E-state index in [-0.39, 0.29) is 23.8 Å². The smallest absolute Gasteiger partial charge is 0.227 e. The summed E-state index contributed by atoms with van der Waals surface area (Å²) in [4.78, 5) is 17.4. The second-order valence-corrected chi connectivity index (χ2v) is 6.68. The number of carbonyl (C=O) groups excluding carboxylic acids is 1. The summed E-state index contributed by atoms with van der Waals surface area (Å²) < 4.78 is 5.47. The van der Waals surface area contributed by atoms with Crippen molar-refractivity contribution in [2.45, 2.75) is 18.4 Å². The summed E-state index contributed by atoms with van der Waals surface area (Å²) in [6.45, 7) is 2.64. The van der Waals surface area contributed by atoms with Crippen LogP contribution in [0.15, 0.2) is 53.1 Å². The van der Waals surface area contributed by atoms with Crippen LogP contribution in [0.25, 0.3) is 0 Å². The van der Waals surface area contributed by atoms with Crippen molar-refractivity contribution in [3.05, 3.63) is 60.1 Å². The fraction of sp³-hybridized carbons (Fsp3) is 0.421. The van der Waals surface area contributed by atoms with Gasteiger partial charge in [0.1, 0.15) is 5.76 Å². The third kappa shape index (κ3) is 2.79. The van der Waals surface area contributed by atoms with Crippen LogP contribution >= 0.6 is 0 Å². The molecule has 2 fully saturated rings. The van der Waals surface area contributed by atoms with E-state index in [1.807, 2.05) is 18.2 Å². The summed E-state index contributed by atoms with van der Waals surface area (Å²) in [6, 6.07) is 14.4. The number of nitrogens with zero attached hydrogens (tertiary/aromatic N) is 2. The van der Waals surface area contributed by atoms with Crippen LogP contribution < -0.4 is 0 Å². The Kier molecular flexibility index (Phi) is 3.69. The molecule has 0 unspecified atom stereocenters. The summed E-state index contributed by atoms with van der Waals surface area (Å²) in [7, 11) is 2.13. The molecule has 1 aromatic heterocycles. The van der Waals surface area contributed by atoms with Crippen LogP contribution in [0, 0.1) is 5.92 Å². The number of rotatable bonds is 3. The number of hydrogen-bond donors (Lipinski definition) is 0. The molecule has 1 aliphatic carbocycles. The van der Waals surface area contributed by atoms with Gasteiger partial charge in [-0.1, -0.05) is 30.3 Å². The molecule has 0 spiro atoms. The molecule has 2 heterocycles. The predicted molar refractivity (Wildman–Crippen MR) is 87.9 cm³/mol. The Balaban J connectivity index is 1.53. The SMILES string of the molecule is CN1CCN(C(=O)[C@@H]2C[C@H]2c2ccco2)[C@H](c2ccccc2)C1. The van der Waals surface area contributed by atoms with Crippen molar-refractivity contribution in [2.24, 2.45) is 5.92 Å². The molecule has 0 N–H and O–H groups in total. The van der Waals surface area contributed by atoms with Crippen molar-refractivity contribution in [2.75, 3.05) is 26.7 Å². The van der Waals surface area contributed by atoms with Crippen molar-refractivity contribution in [1.82, 2.24) is 9.80 Å². The van der Waals surface area contributed by atoms with Crippen molar-refractivity contribution >= 4 is 5.91 Å². The molecule has 1 saturated heterocycles. The molecule has 4 heteroatoms. The molecule has 120 valence electrons. The minimum absolute atomic E-state index is 0.0933. The zero-order chi connectivity index (χ0) is 15.8. The van der Waals surface area contributed by atoms with E-state index < -0.39 is 0 Å². The van der Waals surface area contributed by atoms with Gasteiger partial charge in [0.05, 0.1) is 12.3 Å². The minimum Gasteiger partial charge on any atom is -0.469 e. The highest BCUT2D eigenvalue weighted by Crippen LogP contribution is 2.49. The maximum atomic E-state index is 13.0. The molecule has 3 atom stereocenters. The summed E-state index contributed by atoms with van der Waals surface area (Å²) in [5, 5.41) is 0. The van der Waals surface area contributed by atoms with E-state index in [9.17, 15) is 4.79 Å². The monoisotopic (exact) mass is 310 g/mol. The van der Waals surface area contributed by atoms with Gasteiger partial charge in [0.25, 0.3) is 0 Å². The van der Waals surface area contributed by atoms with Crippen molar-refractivity contribution in [1.29, 1.82) is 0 Å². The Bertz CT molecular complexity index is 668. The van der Waals surface area contributed by atoms with E-state index in [4.69, 9.17) is 4.42 Å². The average molecular weight is 310 g/mol. The molecule has 1 aliphatic heterocycles. The molecule has 4 rings (SSSR count). The molecular weight excluding hydrogens is 288 g/mol. The highest BCUT2D eigenvalue weighted by atomic mass is 16.3. The number of likely N-dealkylation sites (N-methyl/N-ethyl adjacent to an activating group) is 1. The van der Waals surface area contributed by atoms with E-state index in [1.165, 1.54) is 5.56 Å². The van der Waals surface area contributed by atoms with Crippen LogP contribution in [-0.4, -0.2) is 42.4 Å². The molecular formula is C19H22N2O2. The molecule has 1 saturated carbocycles. The molecule has 0 bridgehead atoms. The fourth-order valence-corrected chi connectivity index (χ4v) is 3.64. The lowest BCUT2D eigenvalue weighted by molar-refractivity contribution is -0.137. The minimum atomic E-state index is 0.0933. The second-order valence-electron chi connectivity index (χ2n) is 6.68. The van der Waals surface area contributed by atoms with Gasteiger partial charge < -0.3 is 14.2 Å². The number of amides is 1. The lowest BCUT2D eigenvalue weighted by Gasteiger charge is -2.40. The standard InChI is InChI=1S/C19H22N2O2/c1-20-9-10-21(17(13-20)14-6-3-2-4-7-14)19(22)16-12-15(16)18-8-5-11-23-18/h2-8,11,15-17H,9-10,12-13H2,1H3/t15-,16-,17+/m1/s1. The average Bonchev–Trinajstić information content (AvgIpc) is 3.20. The van der Waals surface area contributed by atoms with Crippen molar-refractivity contribution in [3.63, 3.8) is 0 Å². The molecule has 2 aromatic rings. The number of carbonyl (C=O) groups is 1. The first-order valence-electron chi connectivity index (χ1n) is 8.31. The Hall–Kier alpha value is -2.07. The van der Waals surface area contributed by atoms with Gasteiger partial charge in [-0.15, -0.1) is 0 Å². The molecule has 2 aliphatic rings. The molecule has 0 radical (unpaired) electrons. The number of benzene rings is 1. The Morgan fingerprint density at radius 2 is 1.96 bits per heavy atom. The highest BCUT2D eigenvalue weighted by molar-refractivity contribution is 5.83. The van der Waals surface area contributed by atoms with E-state index in [2.05, 4.69) is 41.1 Å². The molecule has 1 amide bonds. The summed E-state index contributed by atoms with van der Waals surface area (Å²) >= 11 is 0. The van der Waals surface area contributed by atoms with E-state index in [0.717, 1.165) is 31.8 Å². The molecule has 4 nitrogen and oxygen atoms in total. The van der Waals surface area contributed by atoms with Gasteiger partial charge in [0.2, 0.25) is 5.91 Å². The van der Waals surface area contributed by atoms with Gasteiger partial charge in [0.15, 0.2) is 0 Å². The summed E-state index contributed by atoms with van der Waals surface area (Å²) in [5.41, 5.74) is 1.22. The fourth-order valence-electron chi connectivity index (χ4n) is 3.64. The Morgan fingerprint density at radius 3 is 2.70 bits per heavy atom. The van der Waals surface area contributed by atoms with E-state index >= 15 is 0 Å². The second kappa shape index (κ2) is 5.85. The van der Waals surface area contributed by atoms with E-state index in [1.54, 1.807) is 6.26 Å². The number of furan rings is 1.